The van der Waals surface area contributed by atoms with Crippen LogP contribution in [0.3, 0.4) is 0 Å². The highest BCUT2D eigenvalue weighted by molar-refractivity contribution is 7.89. The Morgan fingerprint density at radius 1 is 1.04 bits per heavy atom. The van der Waals surface area contributed by atoms with Crippen molar-refractivity contribution >= 4 is 10.0 Å². The van der Waals surface area contributed by atoms with E-state index in [0.717, 1.165) is 5.56 Å². The molecule has 0 spiro atoms. The SMILES string of the molecule is Cc1nn(C)c(C)c1S(=O)(=O)N(CCc1ccccc1)Cc1ccn(C)n1. The molecule has 2 heterocycles. The van der Waals surface area contributed by atoms with Crippen LogP contribution in [-0.4, -0.2) is 38.8 Å². The van der Waals surface area contributed by atoms with Crippen molar-refractivity contribution in [3.8, 4) is 0 Å². The lowest BCUT2D eigenvalue weighted by Crippen LogP contribution is -2.33. The van der Waals surface area contributed by atoms with Crippen molar-refractivity contribution in [1.82, 2.24) is 23.9 Å². The summed E-state index contributed by atoms with van der Waals surface area (Å²) >= 11 is 0. The summed E-state index contributed by atoms with van der Waals surface area (Å²) in [5.41, 5.74) is 2.96. The zero-order chi connectivity index (χ0) is 19.6. The Hall–Kier alpha value is -2.45. The minimum absolute atomic E-state index is 0.226. The summed E-state index contributed by atoms with van der Waals surface area (Å²) in [7, 11) is -0.120. The molecule has 144 valence electrons. The van der Waals surface area contributed by atoms with Gasteiger partial charge in [-0.2, -0.15) is 14.5 Å². The molecule has 0 saturated carbocycles. The Kier molecular flexibility index (Phi) is 5.48. The number of nitrogens with zero attached hydrogens (tertiary/aromatic N) is 5. The molecule has 0 atom stereocenters. The molecule has 27 heavy (non-hydrogen) atoms. The van der Waals surface area contributed by atoms with Crippen molar-refractivity contribution < 1.29 is 8.42 Å². The first-order chi connectivity index (χ1) is 12.8. The van der Waals surface area contributed by atoms with Gasteiger partial charge in [0.25, 0.3) is 0 Å². The molecule has 0 aliphatic carbocycles. The molecule has 0 fully saturated rings. The highest BCUT2D eigenvalue weighted by Gasteiger charge is 2.31. The quantitative estimate of drug-likeness (QED) is 0.623. The van der Waals surface area contributed by atoms with Gasteiger partial charge in [0, 0.05) is 26.8 Å². The fourth-order valence-corrected chi connectivity index (χ4v) is 4.98. The Balaban J connectivity index is 1.94. The maximum atomic E-state index is 13.5. The van der Waals surface area contributed by atoms with E-state index in [1.807, 2.05) is 49.6 Å². The van der Waals surface area contributed by atoms with Crippen LogP contribution in [0.1, 0.15) is 22.6 Å². The standard InChI is InChI=1S/C19H25N5O2S/c1-15-19(16(2)23(4)20-15)27(25,26)24(14-18-11-12-22(3)21-18)13-10-17-8-6-5-7-9-17/h5-9,11-12H,10,13-14H2,1-4H3. The molecule has 3 rings (SSSR count). The first-order valence-corrected chi connectivity index (χ1v) is 10.3. The van der Waals surface area contributed by atoms with E-state index >= 15 is 0 Å². The minimum atomic E-state index is -3.70. The first-order valence-electron chi connectivity index (χ1n) is 8.82. The summed E-state index contributed by atoms with van der Waals surface area (Å²) in [6.07, 6.45) is 2.45. The van der Waals surface area contributed by atoms with E-state index in [2.05, 4.69) is 10.2 Å². The predicted octanol–water partition coefficient (Wildman–Crippen LogP) is 2.20. The number of hydrogen-bond donors (Lipinski definition) is 0. The average molecular weight is 388 g/mol. The van der Waals surface area contributed by atoms with E-state index in [-0.39, 0.29) is 11.4 Å². The largest absolute Gasteiger partial charge is 0.276 e. The van der Waals surface area contributed by atoms with E-state index in [4.69, 9.17) is 0 Å². The molecule has 0 saturated heterocycles. The van der Waals surface area contributed by atoms with Gasteiger partial charge in [0.2, 0.25) is 10.0 Å². The molecular formula is C19H25N5O2S. The fourth-order valence-electron chi connectivity index (χ4n) is 3.17. The maximum absolute atomic E-state index is 13.5. The second-order valence-corrected chi connectivity index (χ2v) is 8.55. The van der Waals surface area contributed by atoms with Gasteiger partial charge in [0.05, 0.1) is 23.6 Å². The van der Waals surface area contributed by atoms with Gasteiger partial charge in [-0.15, -0.1) is 0 Å². The minimum Gasteiger partial charge on any atom is -0.276 e. The van der Waals surface area contributed by atoms with Crippen LogP contribution in [0.25, 0.3) is 0 Å². The summed E-state index contributed by atoms with van der Waals surface area (Å²) in [4.78, 5) is 0.286. The lowest BCUT2D eigenvalue weighted by atomic mass is 10.1. The van der Waals surface area contributed by atoms with Gasteiger partial charge in [-0.1, -0.05) is 30.3 Å². The third-order valence-corrected chi connectivity index (χ3v) is 6.74. The number of rotatable bonds is 7. The number of aromatic nitrogens is 4. The van der Waals surface area contributed by atoms with Gasteiger partial charge in [-0.3, -0.25) is 9.36 Å². The van der Waals surface area contributed by atoms with E-state index in [1.54, 1.807) is 30.3 Å². The van der Waals surface area contributed by atoms with Gasteiger partial charge in [0.15, 0.2) is 0 Å². The van der Waals surface area contributed by atoms with Crippen LogP contribution in [0.2, 0.25) is 0 Å². The lowest BCUT2D eigenvalue weighted by molar-refractivity contribution is 0.403. The normalized spacial score (nSPS) is 12.0. The number of benzene rings is 1. The van der Waals surface area contributed by atoms with Gasteiger partial charge in [-0.25, -0.2) is 8.42 Å². The summed E-state index contributed by atoms with van der Waals surface area (Å²) in [6, 6.07) is 11.7. The Labute approximate surface area is 160 Å². The van der Waals surface area contributed by atoms with Crippen molar-refractivity contribution in [2.24, 2.45) is 14.1 Å². The predicted molar refractivity (Wildman–Crippen MR) is 104 cm³/mol. The van der Waals surface area contributed by atoms with Crippen molar-refractivity contribution in [3.05, 3.63) is 65.2 Å². The third-order valence-electron chi connectivity index (χ3n) is 4.64. The average Bonchev–Trinajstić information content (AvgIpc) is 3.14. The Bertz CT molecular complexity index is 1020. The fraction of sp³-hybridized carbons (Fsp3) is 0.368. The van der Waals surface area contributed by atoms with E-state index in [0.29, 0.717) is 30.0 Å². The maximum Gasteiger partial charge on any atom is 0.247 e. The molecule has 0 N–H and O–H groups in total. The highest BCUT2D eigenvalue weighted by Crippen LogP contribution is 2.24. The topological polar surface area (TPSA) is 73.0 Å². The molecule has 0 unspecified atom stereocenters. The molecule has 0 aliphatic heterocycles. The number of aryl methyl sites for hydroxylation is 3. The third kappa shape index (κ3) is 4.12. The Morgan fingerprint density at radius 3 is 2.30 bits per heavy atom. The number of hydrogen-bond acceptors (Lipinski definition) is 4. The van der Waals surface area contributed by atoms with Crippen LogP contribution in [0.5, 0.6) is 0 Å². The van der Waals surface area contributed by atoms with Crippen LogP contribution in [0.4, 0.5) is 0 Å². The zero-order valence-electron chi connectivity index (χ0n) is 16.1. The van der Waals surface area contributed by atoms with E-state index < -0.39 is 10.0 Å². The van der Waals surface area contributed by atoms with E-state index in [9.17, 15) is 8.42 Å². The van der Waals surface area contributed by atoms with Gasteiger partial charge in [-0.05, 0) is 31.9 Å². The zero-order valence-corrected chi connectivity index (χ0v) is 16.9. The molecule has 0 radical (unpaired) electrons. The van der Waals surface area contributed by atoms with Crippen molar-refractivity contribution in [3.63, 3.8) is 0 Å². The van der Waals surface area contributed by atoms with Gasteiger partial charge in [0.1, 0.15) is 4.90 Å². The lowest BCUT2D eigenvalue weighted by Gasteiger charge is -2.22. The molecule has 3 aromatic rings. The van der Waals surface area contributed by atoms with Crippen LogP contribution in [-0.2, 0) is 37.1 Å². The summed E-state index contributed by atoms with van der Waals surface area (Å²) in [5.74, 6) is 0. The van der Waals surface area contributed by atoms with Crippen molar-refractivity contribution in [2.75, 3.05) is 6.54 Å². The van der Waals surface area contributed by atoms with Crippen LogP contribution < -0.4 is 0 Å². The second-order valence-electron chi connectivity index (χ2n) is 6.68. The molecular weight excluding hydrogens is 362 g/mol. The molecule has 2 aromatic heterocycles. The number of sulfonamides is 1. The van der Waals surface area contributed by atoms with Crippen molar-refractivity contribution in [2.45, 2.75) is 31.7 Å². The molecule has 0 aliphatic rings. The van der Waals surface area contributed by atoms with Crippen LogP contribution in [0, 0.1) is 13.8 Å². The second kappa shape index (κ2) is 7.66. The monoisotopic (exact) mass is 387 g/mol. The first kappa shape index (κ1) is 19.3. The molecule has 0 amide bonds. The van der Waals surface area contributed by atoms with Gasteiger partial charge < -0.3 is 0 Å². The highest BCUT2D eigenvalue weighted by atomic mass is 32.2. The molecule has 8 heteroatoms. The summed E-state index contributed by atoms with van der Waals surface area (Å²) < 4.78 is 31.7. The van der Waals surface area contributed by atoms with E-state index in [1.165, 1.54) is 4.31 Å². The molecule has 1 aromatic carbocycles. The van der Waals surface area contributed by atoms with Crippen molar-refractivity contribution in [1.29, 1.82) is 0 Å². The molecule has 0 bridgehead atoms. The van der Waals surface area contributed by atoms with Crippen LogP contribution in [0.15, 0.2) is 47.5 Å². The Morgan fingerprint density at radius 2 is 1.74 bits per heavy atom. The summed E-state index contributed by atoms with van der Waals surface area (Å²) in [6.45, 7) is 4.11. The smallest absolute Gasteiger partial charge is 0.247 e. The van der Waals surface area contributed by atoms with Gasteiger partial charge >= 0.3 is 0 Å². The van der Waals surface area contributed by atoms with Crippen LogP contribution >= 0.6 is 0 Å². The summed E-state index contributed by atoms with van der Waals surface area (Å²) in [5, 5.41) is 8.63. The molecule has 7 nitrogen and oxygen atoms in total.